The van der Waals surface area contributed by atoms with Gasteiger partial charge >= 0.3 is 0 Å². The molecule has 1 aliphatic heterocycles. The molecule has 26 heavy (non-hydrogen) atoms. The number of hydrogen-bond acceptors (Lipinski definition) is 5. The fourth-order valence-electron chi connectivity index (χ4n) is 3.30. The van der Waals surface area contributed by atoms with Crippen LogP contribution in [0.3, 0.4) is 0 Å². The van der Waals surface area contributed by atoms with Crippen molar-refractivity contribution in [1.29, 1.82) is 0 Å². The van der Waals surface area contributed by atoms with Crippen molar-refractivity contribution in [3.63, 3.8) is 0 Å². The summed E-state index contributed by atoms with van der Waals surface area (Å²) in [5.74, 6) is 1.96. The molecule has 0 aliphatic carbocycles. The molecule has 0 bridgehead atoms. The minimum atomic E-state index is 0.511. The molecule has 4 rings (SSSR count). The number of pyridine rings is 2. The number of para-hydroxylation sites is 1. The van der Waals surface area contributed by atoms with Crippen LogP contribution in [0.2, 0.25) is 0 Å². The molecule has 1 aromatic carbocycles. The van der Waals surface area contributed by atoms with E-state index < -0.39 is 0 Å². The van der Waals surface area contributed by atoms with Crippen molar-refractivity contribution >= 4 is 17.3 Å². The van der Waals surface area contributed by atoms with Crippen molar-refractivity contribution in [2.45, 2.75) is 6.42 Å². The lowest BCUT2D eigenvalue weighted by Gasteiger charge is -2.27. The normalized spacial score (nSPS) is 16.5. The zero-order valence-corrected chi connectivity index (χ0v) is 14.6. The van der Waals surface area contributed by atoms with Crippen LogP contribution in [0.4, 0.5) is 17.3 Å². The quantitative estimate of drug-likeness (QED) is 0.759. The maximum atomic E-state index is 5.84. The van der Waals surface area contributed by atoms with Crippen molar-refractivity contribution in [3.8, 4) is 11.1 Å². The summed E-state index contributed by atoms with van der Waals surface area (Å²) in [6.45, 7) is 2.54. The average molecular weight is 346 g/mol. The number of benzene rings is 1. The van der Waals surface area contributed by atoms with Crippen LogP contribution in [-0.2, 0) is 4.74 Å². The zero-order chi connectivity index (χ0) is 17.8. The van der Waals surface area contributed by atoms with Gasteiger partial charge in [0.2, 0.25) is 0 Å². The van der Waals surface area contributed by atoms with Crippen molar-refractivity contribution in [3.05, 3.63) is 67.0 Å². The number of nitrogens with two attached hydrogens (primary N) is 1. The summed E-state index contributed by atoms with van der Waals surface area (Å²) >= 11 is 0. The highest BCUT2D eigenvalue weighted by Gasteiger charge is 2.21. The SMILES string of the molecule is Nc1cc(-c2ccnc(N(CC3CCOC3)c3ccccc3)c2)ccn1. The third-order valence-electron chi connectivity index (χ3n) is 4.67. The number of ether oxygens (including phenoxy) is 1. The van der Waals surface area contributed by atoms with Gasteiger partial charge in [-0.15, -0.1) is 0 Å². The fraction of sp³-hybridized carbons (Fsp3) is 0.238. The van der Waals surface area contributed by atoms with Crippen LogP contribution in [0.1, 0.15) is 6.42 Å². The fourth-order valence-corrected chi connectivity index (χ4v) is 3.30. The van der Waals surface area contributed by atoms with E-state index in [1.165, 1.54) is 0 Å². The molecule has 0 radical (unpaired) electrons. The smallest absolute Gasteiger partial charge is 0.133 e. The molecule has 132 valence electrons. The van der Waals surface area contributed by atoms with Crippen molar-refractivity contribution in [2.24, 2.45) is 5.92 Å². The molecule has 5 nitrogen and oxygen atoms in total. The van der Waals surface area contributed by atoms with Crippen LogP contribution in [0.25, 0.3) is 11.1 Å². The largest absolute Gasteiger partial charge is 0.384 e. The van der Waals surface area contributed by atoms with E-state index in [0.29, 0.717) is 11.7 Å². The summed E-state index contributed by atoms with van der Waals surface area (Å²) in [7, 11) is 0. The molecule has 1 atom stereocenters. The third kappa shape index (κ3) is 3.68. The number of rotatable bonds is 5. The summed E-state index contributed by atoms with van der Waals surface area (Å²) in [6.07, 6.45) is 4.67. The minimum Gasteiger partial charge on any atom is -0.384 e. The van der Waals surface area contributed by atoms with Crippen LogP contribution < -0.4 is 10.6 Å². The number of nitrogen functional groups attached to an aromatic ring is 1. The highest BCUT2D eigenvalue weighted by molar-refractivity contribution is 5.71. The molecule has 3 heterocycles. The molecule has 1 aliphatic rings. The van der Waals surface area contributed by atoms with Crippen LogP contribution in [-0.4, -0.2) is 29.7 Å². The van der Waals surface area contributed by atoms with E-state index >= 15 is 0 Å². The molecular formula is C21H22N4O. The predicted molar refractivity (Wildman–Crippen MR) is 104 cm³/mol. The molecule has 0 spiro atoms. The lowest BCUT2D eigenvalue weighted by Crippen LogP contribution is -2.26. The van der Waals surface area contributed by atoms with E-state index in [1.807, 2.05) is 30.5 Å². The minimum absolute atomic E-state index is 0.511. The molecule has 1 fully saturated rings. The first-order chi connectivity index (χ1) is 12.8. The Morgan fingerprint density at radius 1 is 1.00 bits per heavy atom. The Morgan fingerprint density at radius 2 is 1.77 bits per heavy atom. The molecule has 0 saturated carbocycles. The van der Waals surface area contributed by atoms with Gasteiger partial charge in [0.05, 0.1) is 6.61 Å². The molecule has 0 amide bonds. The number of nitrogens with zero attached hydrogens (tertiary/aromatic N) is 3. The Kier molecular flexibility index (Phi) is 4.80. The Labute approximate surface area is 153 Å². The molecule has 1 saturated heterocycles. The molecular weight excluding hydrogens is 324 g/mol. The van der Waals surface area contributed by atoms with Crippen LogP contribution in [0, 0.1) is 5.92 Å². The summed E-state index contributed by atoms with van der Waals surface area (Å²) in [6, 6.07) is 18.3. The van der Waals surface area contributed by atoms with Gasteiger partial charge in [-0.05, 0) is 53.9 Å². The second kappa shape index (κ2) is 7.54. The lowest BCUT2D eigenvalue weighted by atomic mass is 10.1. The van der Waals surface area contributed by atoms with Crippen molar-refractivity contribution in [1.82, 2.24) is 9.97 Å². The highest BCUT2D eigenvalue weighted by atomic mass is 16.5. The van der Waals surface area contributed by atoms with E-state index in [0.717, 1.165) is 48.8 Å². The van der Waals surface area contributed by atoms with E-state index in [9.17, 15) is 0 Å². The maximum absolute atomic E-state index is 5.84. The summed E-state index contributed by atoms with van der Waals surface area (Å²) in [4.78, 5) is 11.0. The summed E-state index contributed by atoms with van der Waals surface area (Å²) in [5, 5.41) is 0. The second-order valence-corrected chi connectivity index (χ2v) is 6.55. The topological polar surface area (TPSA) is 64.3 Å². The van der Waals surface area contributed by atoms with Gasteiger partial charge in [0.25, 0.3) is 0 Å². The van der Waals surface area contributed by atoms with Gasteiger partial charge in [0.1, 0.15) is 11.6 Å². The van der Waals surface area contributed by atoms with Crippen LogP contribution >= 0.6 is 0 Å². The van der Waals surface area contributed by atoms with Gasteiger partial charge < -0.3 is 15.4 Å². The standard InChI is InChI=1S/C21H22N4O/c22-20-12-17(6-9-23-20)18-7-10-24-21(13-18)25(14-16-8-11-26-15-16)19-4-2-1-3-5-19/h1-7,9-10,12-13,16H,8,11,14-15H2,(H2,22,23). The monoisotopic (exact) mass is 346 g/mol. The average Bonchev–Trinajstić information content (AvgIpc) is 3.20. The van der Waals surface area contributed by atoms with E-state index in [4.69, 9.17) is 10.5 Å². The van der Waals surface area contributed by atoms with Crippen molar-refractivity contribution in [2.75, 3.05) is 30.4 Å². The molecule has 2 N–H and O–H groups in total. The summed E-state index contributed by atoms with van der Waals surface area (Å²) < 4.78 is 5.57. The Hall–Kier alpha value is -2.92. The molecule has 1 unspecified atom stereocenters. The zero-order valence-electron chi connectivity index (χ0n) is 14.6. The van der Waals surface area contributed by atoms with Gasteiger partial charge in [-0.3, -0.25) is 0 Å². The first kappa shape index (κ1) is 16.5. The number of aromatic nitrogens is 2. The van der Waals surface area contributed by atoms with Gasteiger partial charge in [-0.25, -0.2) is 9.97 Å². The molecule has 3 aromatic rings. The van der Waals surface area contributed by atoms with Gasteiger partial charge in [0, 0.05) is 37.2 Å². The number of anilines is 3. The molecule has 2 aromatic heterocycles. The third-order valence-corrected chi connectivity index (χ3v) is 4.67. The lowest BCUT2D eigenvalue weighted by molar-refractivity contribution is 0.187. The van der Waals surface area contributed by atoms with E-state index in [2.05, 4.69) is 45.2 Å². The maximum Gasteiger partial charge on any atom is 0.133 e. The van der Waals surface area contributed by atoms with E-state index in [-0.39, 0.29) is 0 Å². The predicted octanol–water partition coefficient (Wildman–Crippen LogP) is 3.90. The Balaban J connectivity index is 1.70. The van der Waals surface area contributed by atoms with E-state index in [1.54, 1.807) is 6.20 Å². The Bertz CT molecular complexity index is 863. The first-order valence-electron chi connectivity index (χ1n) is 8.88. The number of hydrogen-bond donors (Lipinski definition) is 1. The second-order valence-electron chi connectivity index (χ2n) is 6.55. The van der Waals surface area contributed by atoms with Gasteiger partial charge in [-0.1, -0.05) is 18.2 Å². The highest BCUT2D eigenvalue weighted by Crippen LogP contribution is 2.30. The van der Waals surface area contributed by atoms with Crippen molar-refractivity contribution < 1.29 is 4.74 Å². The Morgan fingerprint density at radius 3 is 2.50 bits per heavy atom. The van der Waals surface area contributed by atoms with Gasteiger partial charge in [0.15, 0.2) is 0 Å². The van der Waals surface area contributed by atoms with Crippen LogP contribution in [0.15, 0.2) is 67.0 Å². The summed E-state index contributed by atoms with van der Waals surface area (Å²) in [5.41, 5.74) is 9.10. The van der Waals surface area contributed by atoms with Crippen LogP contribution in [0.5, 0.6) is 0 Å². The first-order valence-corrected chi connectivity index (χ1v) is 8.88. The molecule has 5 heteroatoms. The van der Waals surface area contributed by atoms with Gasteiger partial charge in [-0.2, -0.15) is 0 Å².